The number of piperidine rings is 1. The molecule has 2 aliphatic heterocycles. The molecule has 4 unspecified atom stereocenters. The zero-order chi connectivity index (χ0) is 8.17. The van der Waals surface area contributed by atoms with Crippen LogP contribution in [0.5, 0.6) is 0 Å². The summed E-state index contributed by atoms with van der Waals surface area (Å²) in [6.07, 6.45) is -1.50. The van der Waals surface area contributed by atoms with E-state index in [1.54, 1.807) is 0 Å². The second kappa shape index (κ2) is 2.01. The highest BCUT2D eigenvalue weighted by molar-refractivity contribution is 5.97. The molecule has 0 radical (unpaired) electrons. The number of hydrogen-bond acceptors (Lipinski definition) is 4. The molecule has 0 spiro atoms. The molecule has 3 aliphatic rings. The minimum Gasteiger partial charge on any atom is -0.608 e. The average Bonchev–Trinajstić information content (AvgIpc) is 1.84. The van der Waals surface area contributed by atoms with Crippen LogP contribution in [0.3, 0.4) is 0 Å². The van der Waals surface area contributed by atoms with Crippen LogP contribution in [0.1, 0.15) is 6.42 Å². The van der Waals surface area contributed by atoms with E-state index in [-0.39, 0.29) is 12.2 Å². The Morgan fingerprint density at radius 2 is 1.82 bits per heavy atom. The van der Waals surface area contributed by atoms with Crippen molar-refractivity contribution in [2.45, 2.75) is 30.7 Å². The first-order valence-corrected chi connectivity index (χ1v) is 3.52. The van der Waals surface area contributed by atoms with Crippen molar-refractivity contribution in [1.82, 2.24) is 5.01 Å². The van der Waals surface area contributed by atoms with Crippen molar-refractivity contribution >= 4 is 5.78 Å². The molecule has 2 bridgehead atoms. The van der Waals surface area contributed by atoms with Gasteiger partial charge in [-0.25, -0.2) is 0 Å². The Balaban J connectivity index is 2.23. The molecule has 0 aromatic rings. The Kier molecular flexibility index (Phi) is 1.31. The molecular formula is C6H9N2O3-. The van der Waals surface area contributed by atoms with Gasteiger partial charge in [-0.3, -0.25) is 4.79 Å². The smallest absolute Gasteiger partial charge is 0.169 e. The fourth-order valence-electron chi connectivity index (χ4n) is 1.80. The van der Waals surface area contributed by atoms with Crippen LogP contribution in [0.4, 0.5) is 0 Å². The summed E-state index contributed by atoms with van der Waals surface area (Å²) in [4.78, 5) is 11.0. The number of Topliss-reactive ketones (excluding diaryl/α,β-unsaturated/α-hetero) is 1. The number of ketones is 1. The van der Waals surface area contributed by atoms with Crippen molar-refractivity contribution in [2.24, 2.45) is 0 Å². The van der Waals surface area contributed by atoms with Gasteiger partial charge < -0.3 is 21.1 Å². The van der Waals surface area contributed by atoms with Crippen LogP contribution < -0.4 is 0 Å². The highest BCUT2D eigenvalue weighted by Crippen LogP contribution is 2.35. The van der Waals surface area contributed by atoms with E-state index in [1.807, 2.05) is 0 Å². The van der Waals surface area contributed by atoms with Gasteiger partial charge >= 0.3 is 0 Å². The second-order valence-corrected chi connectivity index (χ2v) is 3.07. The molecule has 5 nitrogen and oxygen atoms in total. The van der Waals surface area contributed by atoms with Crippen molar-refractivity contribution < 1.29 is 15.0 Å². The Labute approximate surface area is 63.4 Å². The van der Waals surface area contributed by atoms with Gasteiger partial charge in [-0.15, -0.1) is 0 Å². The third-order valence-corrected chi connectivity index (χ3v) is 2.39. The van der Waals surface area contributed by atoms with Crippen molar-refractivity contribution in [1.29, 1.82) is 0 Å². The third kappa shape index (κ3) is 0.709. The molecule has 62 valence electrons. The normalized spacial score (nSPS) is 50.6. The highest BCUT2D eigenvalue weighted by Gasteiger charge is 2.53. The predicted octanol–water partition coefficient (Wildman–Crippen LogP) is -1.30. The van der Waals surface area contributed by atoms with Crippen LogP contribution in [-0.2, 0) is 4.79 Å². The number of hydrogen-bond donors (Lipinski definition) is 2. The summed E-state index contributed by atoms with van der Waals surface area (Å²) >= 11 is 0. The fraction of sp³-hybridized carbons (Fsp3) is 0.833. The third-order valence-electron chi connectivity index (χ3n) is 2.39. The molecule has 0 aromatic heterocycles. The van der Waals surface area contributed by atoms with Gasteiger partial charge in [0, 0.05) is 6.42 Å². The first-order valence-electron chi connectivity index (χ1n) is 3.52. The largest absolute Gasteiger partial charge is 0.608 e. The van der Waals surface area contributed by atoms with E-state index in [2.05, 4.69) is 0 Å². The number of rotatable bonds is 0. The van der Waals surface area contributed by atoms with Crippen molar-refractivity contribution in [3.05, 3.63) is 5.84 Å². The zero-order valence-electron chi connectivity index (χ0n) is 5.77. The van der Waals surface area contributed by atoms with Crippen LogP contribution in [0.2, 0.25) is 0 Å². The first kappa shape index (κ1) is 7.17. The lowest BCUT2D eigenvalue weighted by molar-refractivity contribution is -0.171. The average molecular weight is 157 g/mol. The molecule has 1 aliphatic carbocycles. The van der Waals surface area contributed by atoms with E-state index in [4.69, 9.17) is 5.84 Å². The number of carbonyl (C=O) groups excluding carboxylic acids is 1. The minimum atomic E-state index is -0.861. The minimum absolute atomic E-state index is 0.203. The maximum atomic E-state index is 11.0. The quantitative estimate of drug-likeness (QED) is 0.457. The zero-order valence-corrected chi connectivity index (χ0v) is 5.77. The van der Waals surface area contributed by atoms with Gasteiger partial charge in [-0.2, -0.15) is 0 Å². The molecule has 4 atom stereocenters. The predicted molar refractivity (Wildman–Crippen MR) is 35.4 cm³/mol. The SMILES string of the molecule is [NH-]N1C2C(=O)C1C(O)CC2O. The summed E-state index contributed by atoms with van der Waals surface area (Å²) in [6.45, 7) is 0. The van der Waals surface area contributed by atoms with Gasteiger partial charge in [-0.1, -0.05) is 0 Å². The van der Waals surface area contributed by atoms with Gasteiger partial charge in [0.05, 0.1) is 24.3 Å². The van der Waals surface area contributed by atoms with E-state index in [0.717, 1.165) is 5.01 Å². The van der Waals surface area contributed by atoms with Gasteiger partial charge in [0.1, 0.15) is 0 Å². The summed E-state index contributed by atoms with van der Waals surface area (Å²) < 4.78 is 0. The van der Waals surface area contributed by atoms with Crippen molar-refractivity contribution in [3.8, 4) is 0 Å². The lowest BCUT2D eigenvalue weighted by atomic mass is 9.76. The van der Waals surface area contributed by atoms with Gasteiger partial charge in [-0.05, 0) is 0 Å². The van der Waals surface area contributed by atoms with Gasteiger partial charge in [0.15, 0.2) is 5.78 Å². The number of fused-ring (bicyclic) bond motifs is 2. The number of aliphatic hydroxyl groups is 2. The maximum Gasteiger partial charge on any atom is 0.169 e. The van der Waals surface area contributed by atoms with Crippen molar-refractivity contribution in [2.75, 3.05) is 0 Å². The van der Waals surface area contributed by atoms with Crippen molar-refractivity contribution in [3.63, 3.8) is 0 Å². The standard InChI is InChI=1S/C6H9N2O3/c7-8-4-2(9)1-3(10)5(8)6(4)11/h2-5,7,9-10H,1H2/q-1. The van der Waals surface area contributed by atoms with E-state index >= 15 is 0 Å². The topological polar surface area (TPSA) is 84.6 Å². The number of nitrogens with one attached hydrogen (secondary N) is 1. The lowest BCUT2D eigenvalue weighted by Gasteiger charge is -2.58. The molecule has 0 aromatic carbocycles. The first-order chi connectivity index (χ1) is 5.13. The molecule has 2 heterocycles. The Morgan fingerprint density at radius 3 is 2.09 bits per heavy atom. The second-order valence-electron chi connectivity index (χ2n) is 3.07. The van der Waals surface area contributed by atoms with E-state index < -0.39 is 24.3 Å². The maximum absolute atomic E-state index is 11.0. The Hall–Kier alpha value is -0.490. The molecule has 1 saturated carbocycles. The summed E-state index contributed by atoms with van der Waals surface area (Å²) in [5, 5.41) is 19.4. The number of nitrogens with zero attached hydrogens (tertiary/aromatic N) is 1. The summed E-state index contributed by atoms with van der Waals surface area (Å²) in [5.41, 5.74) is 0. The fourth-order valence-corrected chi connectivity index (χ4v) is 1.80. The Morgan fingerprint density at radius 1 is 1.36 bits per heavy atom. The molecule has 5 heteroatoms. The van der Waals surface area contributed by atoms with Crippen LogP contribution in [0.25, 0.3) is 5.84 Å². The molecule has 3 N–H and O–H groups in total. The molecule has 3 rings (SSSR count). The van der Waals surface area contributed by atoms with E-state index in [0.29, 0.717) is 0 Å². The van der Waals surface area contributed by atoms with Gasteiger partial charge in [0.2, 0.25) is 0 Å². The van der Waals surface area contributed by atoms with Crippen LogP contribution >= 0.6 is 0 Å². The molecule has 2 saturated heterocycles. The number of carbonyl (C=O) groups is 1. The molecule has 3 fully saturated rings. The summed E-state index contributed by atoms with van der Waals surface area (Å²) in [7, 11) is 0. The summed E-state index contributed by atoms with van der Waals surface area (Å²) in [6, 6.07) is -1.35. The van der Waals surface area contributed by atoms with E-state index in [9.17, 15) is 15.0 Å². The number of aliphatic hydroxyl groups excluding tert-OH is 2. The van der Waals surface area contributed by atoms with Crippen LogP contribution in [0.15, 0.2) is 0 Å². The van der Waals surface area contributed by atoms with Crippen LogP contribution in [-0.4, -0.2) is 45.3 Å². The summed E-state index contributed by atoms with van der Waals surface area (Å²) in [5.74, 6) is 7.01. The lowest BCUT2D eigenvalue weighted by Crippen LogP contribution is -2.74. The molecule has 0 amide bonds. The molecular weight excluding hydrogens is 148 g/mol. The monoisotopic (exact) mass is 157 g/mol. The molecule has 11 heavy (non-hydrogen) atoms. The van der Waals surface area contributed by atoms with E-state index in [1.165, 1.54) is 0 Å². The van der Waals surface area contributed by atoms with Crippen LogP contribution in [0, 0.1) is 0 Å². The van der Waals surface area contributed by atoms with Gasteiger partial charge in [0.25, 0.3) is 0 Å². The Bertz CT molecular complexity index is 182. The highest BCUT2D eigenvalue weighted by atomic mass is 16.3.